The molecule has 5 aromatic carbocycles. The topological polar surface area (TPSA) is 96.3 Å². The van der Waals surface area contributed by atoms with Crippen molar-refractivity contribution < 1.29 is 23.3 Å². The molecule has 0 aromatic heterocycles. The van der Waals surface area contributed by atoms with Crippen LogP contribution in [0.2, 0.25) is 0 Å². The molecule has 5 atom stereocenters. The van der Waals surface area contributed by atoms with Gasteiger partial charge in [-0.3, -0.25) is 4.79 Å². The van der Waals surface area contributed by atoms with Crippen LogP contribution in [0, 0.1) is 23.2 Å². The van der Waals surface area contributed by atoms with Gasteiger partial charge in [-0.05, 0) is 83.3 Å². The van der Waals surface area contributed by atoms with Gasteiger partial charge in [0.1, 0.15) is 29.2 Å². The summed E-state index contributed by atoms with van der Waals surface area (Å²) in [6.07, 6.45) is 1.06. The smallest absolute Gasteiger partial charge is 0.266 e. The van der Waals surface area contributed by atoms with Crippen molar-refractivity contribution in [2.45, 2.75) is 91.0 Å². The summed E-state index contributed by atoms with van der Waals surface area (Å²) in [5, 5.41) is 21.6. The zero-order valence-electron chi connectivity index (χ0n) is 30.7. The van der Waals surface area contributed by atoms with E-state index in [9.17, 15) is 10.1 Å². The number of hydrogen-bond acceptors (Lipinski definition) is 8. The van der Waals surface area contributed by atoms with E-state index in [1.54, 1.807) is 11.1 Å². The zero-order valence-corrected chi connectivity index (χ0v) is 31.6. The molecule has 54 heavy (non-hydrogen) atoms. The van der Waals surface area contributed by atoms with E-state index in [-0.39, 0.29) is 44.0 Å². The monoisotopic (exact) mass is 742 g/mol. The van der Waals surface area contributed by atoms with E-state index in [1.807, 2.05) is 6.07 Å². The maximum Gasteiger partial charge on any atom is 0.266 e. The van der Waals surface area contributed by atoms with Crippen molar-refractivity contribution in [2.75, 3.05) is 13.2 Å². The van der Waals surface area contributed by atoms with Crippen LogP contribution in [0.15, 0.2) is 90.9 Å². The van der Waals surface area contributed by atoms with Crippen LogP contribution in [0.3, 0.4) is 0 Å². The molecule has 1 amide bonds. The summed E-state index contributed by atoms with van der Waals surface area (Å²) in [5.74, 6) is 6.57. The van der Waals surface area contributed by atoms with Crippen LogP contribution in [0.4, 0.5) is 0 Å². The number of carbonyl (C=O) groups is 1. The number of hydrogen-bond donors (Lipinski definition) is 1. The molecule has 278 valence electrons. The Morgan fingerprint density at radius 3 is 2.30 bits per heavy atom. The minimum atomic E-state index is -1.54. The lowest BCUT2D eigenvalue weighted by Crippen LogP contribution is -2.49. The van der Waals surface area contributed by atoms with Crippen molar-refractivity contribution in [1.82, 2.24) is 14.9 Å². The van der Waals surface area contributed by atoms with Crippen LogP contribution in [0.5, 0.6) is 0 Å². The molecular formula is C44H47N4O5P. The third kappa shape index (κ3) is 6.20. The van der Waals surface area contributed by atoms with Crippen LogP contribution in [-0.2, 0) is 23.3 Å². The van der Waals surface area contributed by atoms with Crippen LogP contribution >= 0.6 is 8.53 Å². The number of nitrogens with one attached hydrogen (secondary N) is 1. The maximum atomic E-state index is 13.4. The highest BCUT2D eigenvalue weighted by Crippen LogP contribution is 2.55. The molecule has 10 heteroatoms. The van der Waals surface area contributed by atoms with Crippen molar-refractivity contribution in [2.24, 2.45) is 0 Å². The molecule has 8 rings (SSSR count). The van der Waals surface area contributed by atoms with Gasteiger partial charge in [-0.2, -0.15) is 5.26 Å². The predicted molar refractivity (Wildman–Crippen MR) is 216 cm³/mol. The summed E-state index contributed by atoms with van der Waals surface area (Å²) in [6, 6.07) is 25.9. The van der Waals surface area contributed by atoms with Gasteiger partial charge in [-0.1, -0.05) is 93.4 Å². The SMILES string of the molecule is C.C=C1NC(=O)C(C#Cc2ccc3c4cccc5cccc(c6cccc2c63)c54)=CN1[C@@H]1O[C@]2(CC)CO[C@@H]1C2OP(OCCC#N)N(C(C)C)C(C)C. The molecule has 3 aliphatic rings. The van der Waals surface area contributed by atoms with E-state index in [0.29, 0.717) is 18.8 Å². The van der Waals surface area contributed by atoms with Crippen molar-refractivity contribution in [3.63, 3.8) is 0 Å². The first-order valence-corrected chi connectivity index (χ1v) is 19.4. The molecule has 3 heterocycles. The highest BCUT2D eigenvalue weighted by atomic mass is 31.2. The van der Waals surface area contributed by atoms with Crippen molar-refractivity contribution >= 4 is 57.5 Å². The van der Waals surface area contributed by atoms with Crippen LogP contribution in [-0.4, -0.2) is 64.8 Å². The Labute approximate surface area is 318 Å². The van der Waals surface area contributed by atoms with E-state index in [0.717, 1.165) is 16.3 Å². The second-order valence-electron chi connectivity index (χ2n) is 14.5. The molecule has 2 bridgehead atoms. The minimum Gasteiger partial charge on any atom is -0.368 e. The Bertz CT molecular complexity index is 2330. The lowest BCUT2D eigenvalue weighted by molar-refractivity contribution is -0.182. The fourth-order valence-corrected chi connectivity index (χ4v) is 10.1. The highest BCUT2D eigenvalue weighted by molar-refractivity contribution is 7.44. The van der Waals surface area contributed by atoms with Crippen molar-refractivity contribution in [3.8, 4) is 17.9 Å². The van der Waals surface area contributed by atoms with E-state index < -0.39 is 32.6 Å². The Morgan fingerprint density at radius 1 is 0.981 bits per heavy atom. The average molecular weight is 743 g/mol. The third-order valence-corrected chi connectivity index (χ3v) is 12.8. The van der Waals surface area contributed by atoms with Gasteiger partial charge in [0.25, 0.3) is 14.4 Å². The Balaban J connectivity index is 0.00000450. The first-order chi connectivity index (χ1) is 25.7. The molecule has 2 unspecified atom stereocenters. The molecule has 0 aliphatic carbocycles. The van der Waals surface area contributed by atoms with E-state index in [1.165, 1.54) is 32.3 Å². The number of rotatable bonds is 10. The van der Waals surface area contributed by atoms with Gasteiger partial charge in [0.05, 0.1) is 25.7 Å². The van der Waals surface area contributed by atoms with Gasteiger partial charge in [0.2, 0.25) is 0 Å². The summed E-state index contributed by atoms with van der Waals surface area (Å²) in [7, 11) is -1.54. The number of benzene rings is 5. The molecule has 1 N–H and O–H groups in total. The van der Waals surface area contributed by atoms with Crippen molar-refractivity contribution in [1.29, 1.82) is 5.26 Å². The minimum absolute atomic E-state index is 0. The normalized spacial score (nSPS) is 23.0. The Hall–Kier alpha value is -4.57. The Morgan fingerprint density at radius 2 is 1.63 bits per heavy atom. The van der Waals surface area contributed by atoms with Gasteiger partial charge in [-0.15, -0.1) is 0 Å². The molecule has 5 aromatic rings. The van der Waals surface area contributed by atoms with Crippen LogP contribution in [0.25, 0.3) is 43.1 Å². The van der Waals surface area contributed by atoms with E-state index >= 15 is 0 Å². The molecule has 2 saturated heterocycles. The van der Waals surface area contributed by atoms with Gasteiger partial charge in [0.15, 0.2) is 6.23 Å². The summed E-state index contributed by atoms with van der Waals surface area (Å²) in [6.45, 7) is 15.3. The lowest BCUT2D eigenvalue weighted by Gasteiger charge is -2.38. The predicted octanol–water partition coefficient (Wildman–Crippen LogP) is 9.08. The molecule has 9 nitrogen and oxygen atoms in total. The first kappa shape index (κ1) is 37.7. The third-order valence-electron chi connectivity index (χ3n) is 10.7. The number of carbonyl (C=O) groups excluding carboxylic acids is 1. The number of fused-ring (bicyclic) bond motifs is 4. The second kappa shape index (κ2) is 14.9. The fraction of sp³-hybridized carbons (Fsp3) is 0.364. The number of nitrogens with zero attached hydrogens (tertiary/aromatic N) is 3. The fourth-order valence-electron chi connectivity index (χ4n) is 8.24. The van der Waals surface area contributed by atoms with Gasteiger partial charge in [0, 0.05) is 23.8 Å². The van der Waals surface area contributed by atoms with Gasteiger partial charge < -0.3 is 28.7 Å². The van der Waals surface area contributed by atoms with Crippen molar-refractivity contribution in [3.05, 3.63) is 96.5 Å². The maximum absolute atomic E-state index is 13.4. The average Bonchev–Trinajstić information content (AvgIpc) is 3.65. The summed E-state index contributed by atoms with van der Waals surface area (Å²) >= 11 is 0. The number of nitriles is 1. The van der Waals surface area contributed by atoms with Crippen LogP contribution in [0.1, 0.15) is 60.5 Å². The first-order valence-electron chi connectivity index (χ1n) is 18.3. The van der Waals surface area contributed by atoms with Crippen LogP contribution < -0.4 is 5.32 Å². The Kier molecular flexibility index (Phi) is 10.4. The second-order valence-corrected chi connectivity index (χ2v) is 15.9. The summed E-state index contributed by atoms with van der Waals surface area (Å²) in [4.78, 5) is 15.2. The van der Waals surface area contributed by atoms with E-state index in [2.05, 4.69) is 130 Å². The molecule has 0 radical (unpaired) electrons. The zero-order chi connectivity index (χ0) is 37.0. The summed E-state index contributed by atoms with van der Waals surface area (Å²) in [5.41, 5.74) is 0.390. The van der Waals surface area contributed by atoms with Gasteiger partial charge in [-0.25, -0.2) is 4.67 Å². The largest absolute Gasteiger partial charge is 0.368 e. The number of amides is 1. The molecule has 2 fully saturated rings. The summed E-state index contributed by atoms with van der Waals surface area (Å²) < 4.78 is 28.5. The molecule has 0 saturated carbocycles. The van der Waals surface area contributed by atoms with Gasteiger partial charge >= 0.3 is 0 Å². The standard InChI is InChI=1S/C43H43N4O5P.CH4/c1-7-43-25-49-39(40(43)52-53(50-23-11-22-44)47(26(2)3)27(4)5)42(51-43)46-24-31(41(48)45-28(46)6)19-18-29-20-21-36-34-16-9-13-30-12-8-15-33(37(30)34)35-17-10-14-32(29)38(35)36;/h8-10,12-17,20-21,24,26-27,39-40,42H,6-7,11,23,25H2,1-5H3,(H,45,48);1H4/t39-,40?,42-,43-,53?;/m1./s1. The molecule has 0 spiro atoms. The quantitative estimate of drug-likeness (QED) is 0.0498. The molecule has 3 aliphatic heterocycles. The molecular weight excluding hydrogens is 695 g/mol. The number of ether oxygens (including phenoxy) is 2. The highest BCUT2D eigenvalue weighted by Gasteiger charge is 2.64. The lowest BCUT2D eigenvalue weighted by atomic mass is 9.88. The van der Waals surface area contributed by atoms with E-state index in [4.69, 9.17) is 18.5 Å².